The van der Waals surface area contributed by atoms with Gasteiger partial charge < -0.3 is 14.9 Å². The normalized spacial score (nSPS) is 11.9. The molecule has 0 radical (unpaired) electrons. The average molecular weight is 218 g/mol. The molecule has 0 saturated carbocycles. The minimum absolute atomic E-state index is 0.118. The van der Waals surface area contributed by atoms with Crippen LogP contribution in [0.15, 0.2) is 22.6 Å². The van der Waals surface area contributed by atoms with Crippen LogP contribution in [0, 0.1) is 0 Å². The number of fused-ring (bicyclic) bond motifs is 1. The van der Waals surface area contributed by atoms with Gasteiger partial charge >= 0.3 is 6.36 Å². The van der Waals surface area contributed by atoms with E-state index in [1.54, 1.807) is 0 Å². The van der Waals surface area contributed by atoms with E-state index in [0.29, 0.717) is 0 Å². The first kappa shape index (κ1) is 9.63. The van der Waals surface area contributed by atoms with E-state index in [-0.39, 0.29) is 17.1 Å². The van der Waals surface area contributed by atoms with Gasteiger partial charge in [-0.2, -0.15) is 4.98 Å². The largest absolute Gasteiger partial charge is 0.573 e. The van der Waals surface area contributed by atoms with Gasteiger partial charge in [0.05, 0.1) is 0 Å². The molecule has 0 aliphatic heterocycles. The second-order valence-electron chi connectivity index (χ2n) is 2.70. The van der Waals surface area contributed by atoms with E-state index < -0.39 is 12.1 Å². The zero-order valence-corrected chi connectivity index (χ0v) is 7.21. The highest BCUT2D eigenvalue weighted by Crippen LogP contribution is 2.31. The highest BCUT2D eigenvalue weighted by Gasteiger charge is 2.32. The molecule has 0 fully saturated rings. The summed E-state index contributed by atoms with van der Waals surface area (Å²) in [5.74, 6) is -0.454. The van der Waals surface area contributed by atoms with Crippen molar-refractivity contribution in [3.8, 4) is 5.75 Å². The van der Waals surface area contributed by atoms with Crippen LogP contribution >= 0.6 is 0 Å². The molecular formula is C8H5F3N2O2. The summed E-state index contributed by atoms with van der Waals surface area (Å²) in [6, 6.07) is 3.76. The number of aromatic nitrogens is 1. The Kier molecular flexibility index (Phi) is 1.95. The first-order valence-corrected chi connectivity index (χ1v) is 3.86. The minimum Gasteiger partial charge on any atom is -0.420 e. The molecule has 1 aromatic carbocycles. The number of nitrogen functional groups attached to an aromatic ring is 1. The summed E-state index contributed by atoms with van der Waals surface area (Å²) in [4.78, 5) is 3.67. The molecular weight excluding hydrogens is 213 g/mol. The molecule has 1 heterocycles. The smallest absolute Gasteiger partial charge is 0.420 e. The molecule has 0 spiro atoms. The Hall–Kier alpha value is -1.92. The lowest BCUT2D eigenvalue weighted by molar-refractivity contribution is -0.274. The third-order valence-corrected chi connectivity index (χ3v) is 1.62. The van der Waals surface area contributed by atoms with Gasteiger partial charge in [-0.25, -0.2) is 0 Å². The molecule has 0 atom stereocenters. The first-order valence-electron chi connectivity index (χ1n) is 3.86. The van der Waals surface area contributed by atoms with Crippen LogP contribution in [0.5, 0.6) is 5.75 Å². The van der Waals surface area contributed by atoms with E-state index in [4.69, 9.17) is 10.2 Å². The van der Waals surface area contributed by atoms with Gasteiger partial charge in [-0.1, -0.05) is 6.07 Å². The molecule has 4 nitrogen and oxygen atoms in total. The molecule has 1 aromatic heterocycles. The van der Waals surface area contributed by atoms with Crippen LogP contribution in [-0.4, -0.2) is 11.3 Å². The number of nitrogens with two attached hydrogens (primary N) is 1. The van der Waals surface area contributed by atoms with E-state index in [1.807, 2.05) is 0 Å². The van der Waals surface area contributed by atoms with Gasteiger partial charge in [0.1, 0.15) is 5.52 Å². The highest BCUT2D eigenvalue weighted by atomic mass is 19.4. The quantitative estimate of drug-likeness (QED) is 0.797. The van der Waals surface area contributed by atoms with Crippen molar-refractivity contribution in [2.75, 3.05) is 5.73 Å². The monoisotopic (exact) mass is 218 g/mol. The van der Waals surface area contributed by atoms with Crippen LogP contribution in [-0.2, 0) is 0 Å². The van der Waals surface area contributed by atoms with Crippen LogP contribution in [0.2, 0.25) is 0 Å². The molecule has 0 bridgehead atoms. The van der Waals surface area contributed by atoms with Crippen LogP contribution < -0.4 is 10.5 Å². The number of hydrogen-bond acceptors (Lipinski definition) is 4. The molecule has 2 aromatic rings. The van der Waals surface area contributed by atoms with Crippen molar-refractivity contribution in [2.24, 2.45) is 0 Å². The SMILES string of the molecule is Nc1nc2cccc(OC(F)(F)F)c2o1. The fraction of sp³-hybridized carbons (Fsp3) is 0.125. The van der Waals surface area contributed by atoms with Crippen molar-refractivity contribution in [1.82, 2.24) is 4.98 Å². The van der Waals surface area contributed by atoms with E-state index in [9.17, 15) is 13.2 Å². The zero-order chi connectivity index (χ0) is 11.1. The number of ether oxygens (including phenoxy) is 1. The lowest BCUT2D eigenvalue weighted by Crippen LogP contribution is -2.17. The van der Waals surface area contributed by atoms with Gasteiger partial charge in [0.2, 0.25) is 0 Å². The molecule has 0 aliphatic carbocycles. The Morgan fingerprint density at radius 3 is 2.73 bits per heavy atom. The van der Waals surface area contributed by atoms with Gasteiger partial charge in [0, 0.05) is 0 Å². The van der Waals surface area contributed by atoms with Crippen molar-refractivity contribution in [3.63, 3.8) is 0 Å². The summed E-state index contributed by atoms with van der Waals surface area (Å²) in [6.45, 7) is 0. The molecule has 0 saturated heterocycles. The first-order chi connectivity index (χ1) is 6.96. The van der Waals surface area contributed by atoms with E-state index in [1.165, 1.54) is 12.1 Å². The third-order valence-electron chi connectivity index (χ3n) is 1.62. The van der Waals surface area contributed by atoms with Crippen LogP contribution in [0.1, 0.15) is 0 Å². The molecule has 2 N–H and O–H groups in total. The minimum atomic E-state index is -4.77. The highest BCUT2D eigenvalue weighted by molar-refractivity contribution is 5.80. The van der Waals surface area contributed by atoms with Gasteiger partial charge in [0.15, 0.2) is 11.3 Å². The number of rotatable bonds is 1. The number of benzene rings is 1. The van der Waals surface area contributed by atoms with Crippen molar-refractivity contribution in [1.29, 1.82) is 0 Å². The van der Waals surface area contributed by atoms with Crippen molar-refractivity contribution in [3.05, 3.63) is 18.2 Å². The van der Waals surface area contributed by atoms with Crippen molar-refractivity contribution >= 4 is 17.1 Å². The van der Waals surface area contributed by atoms with Crippen molar-refractivity contribution < 1.29 is 22.3 Å². The molecule has 0 aliphatic rings. The summed E-state index contributed by atoms with van der Waals surface area (Å²) in [5, 5.41) is 0. The van der Waals surface area contributed by atoms with Crippen LogP contribution in [0.3, 0.4) is 0 Å². The number of hydrogen-bond donors (Lipinski definition) is 1. The number of alkyl halides is 3. The molecule has 80 valence electrons. The zero-order valence-electron chi connectivity index (χ0n) is 7.21. The second-order valence-corrected chi connectivity index (χ2v) is 2.70. The van der Waals surface area contributed by atoms with Crippen molar-refractivity contribution in [2.45, 2.75) is 6.36 Å². The lowest BCUT2D eigenvalue weighted by Gasteiger charge is -2.07. The summed E-state index contributed by atoms with van der Waals surface area (Å²) >= 11 is 0. The maximum atomic E-state index is 12.0. The number of nitrogens with zero attached hydrogens (tertiary/aromatic N) is 1. The van der Waals surface area contributed by atoms with E-state index >= 15 is 0 Å². The molecule has 15 heavy (non-hydrogen) atoms. The maximum absolute atomic E-state index is 12.0. The standard InChI is InChI=1S/C8H5F3N2O2/c9-8(10,11)15-5-3-1-2-4-6(5)14-7(12)13-4/h1-3H,(H2,12,13). The fourth-order valence-electron chi connectivity index (χ4n) is 1.15. The lowest BCUT2D eigenvalue weighted by atomic mass is 10.3. The summed E-state index contributed by atoms with van der Waals surface area (Å²) in [7, 11) is 0. The second kappa shape index (κ2) is 3.04. The Morgan fingerprint density at radius 2 is 2.07 bits per heavy atom. The average Bonchev–Trinajstić information content (AvgIpc) is 2.43. The van der Waals surface area contributed by atoms with Gasteiger partial charge in [-0.05, 0) is 12.1 Å². The Bertz CT molecular complexity index is 492. The number of para-hydroxylation sites is 1. The van der Waals surface area contributed by atoms with Gasteiger partial charge in [-0.15, -0.1) is 13.2 Å². The Morgan fingerprint density at radius 1 is 1.33 bits per heavy atom. The fourth-order valence-corrected chi connectivity index (χ4v) is 1.15. The number of halogens is 3. The maximum Gasteiger partial charge on any atom is 0.573 e. The van der Waals surface area contributed by atoms with Gasteiger partial charge in [0.25, 0.3) is 6.01 Å². The Labute approximate surface area is 81.4 Å². The third kappa shape index (κ3) is 1.95. The number of anilines is 1. The summed E-state index contributed by atoms with van der Waals surface area (Å²) in [5.41, 5.74) is 5.31. The predicted octanol–water partition coefficient (Wildman–Crippen LogP) is 2.31. The molecule has 2 rings (SSSR count). The molecule has 0 amide bonds. The van der Waals surface area contributed by atoms with Crippen LogP contribution in [0.25, 0.3) is 11.1 Å². The summed E-state index contributed by atoms with van der Waals surface area (Å²) < 4.78 is 44.4. The van der Waals surface area contributed by atoms with Gasteiger partial charge in [-0.3, -0.25) is 0 Å². The molecule has 7 heteroatoms. The predicted molar refractivity (Wildman–Crippen MR) is 45.1 cm³/mol. The van der Waals surface area contributed by atoms with E-state index in [2.05, 4.69) is 9.72 Å². The topological polar surface area (TPSA) is 61.3 Å². The van der Waals surface area contributed by atoms with Crippen LogP contribution in [0.4, 0.5) is 19.2 Å². The summed E-state index contributed by atoms with van der Waals surface area (Å²) in [6.07, 6.45) is -4.77. The Balaban J connectivity index is 2.51. The number of oxazole rings is 1. The molecule has 0 unspecified atom stereocenters. The van der Waals surface area contributed by atoms with E-state index in [0.717, 1.165) is 6.07 Å².